The van der Waals surface area contributed by atoms with Gasteiger partial charge in [0, 0.05) is 6.54 Å². The van der Waals surface area contributed by atoms with Gasteiger partial charge in [-0.05, 0) is 40.7 Å². The predicted molar refractivity (Wildman–Crippen MR) is 116 cm³/mol. The van der Waals surface area contributed by atoms with E-state index in [-0.39, 0.29) is 5.91 Å². The number of hydrogen-bond donors (Lipinski definition) is 1. The molecule has 140 valence electrons. The maximum absolute atomic E-state index is 13.5. The van der Waals surface area contributed by atoms with Crippen molar-refractivity contribution < 1.29 is 4.79 Å². The van der Waals surface area contributed by atoms with Gasteiger partial charge in [0.15, 0.2) is 0 Å². The van der Waals surface area contributed by atoms with Crippen LogP contribution in [0.5, 0.6) is 0 Å². The fourth-order valence-electron chi connectivity index (χ4n) is 4.21. The topological polar surface area (TPSA) is 29.1 Å². The van der Waals surface area contributed by atoms with Crippen LogP contribution >= 0.6 is 0 Å². The smallest absolute Gasteiger partial charge is 0.235 e. The lowest BCUT2D eigenvalue weighted by molar-refractivity contribution is -0.125. The summed E-state index contributed by atoms with van der Waals surface area (Å²) in [6.45, 7) is 2.77. The lowest BCUT2D eigenvalue weighted by atomic mass is 9.74. The molecule has 0 unspecified atom stereocenters. The fraction of sp³-hybridized carbons (Fsp3) is 0.192. The number of benzene rings is 3. The van der Waals surface area contributed by atoms with Gasteiger partial charge in [-0.25, -0.2) is 0 Å². The van der Waals surface area contributed by atoms with Crippen molar-refractivity contribution in [2.45, 2.75) is 25.2 Å². The van der Waals surface area contributed by atoms with Crippen LogP contribution in [0.15, 0.2) is 84.9 Å². The highest BCUT2D eigenvalue weighted by Gasteiger charge is 2.47. The number of hydrogen-bond acceptors (Lipinski definition) is 1. The van der Waals surface area contributed by atoms with Crippen LogP contribution in [-0.4, -0.2) is 12.5 Å². The van der Waals surface area contributed by atoms with Crippen LogP contribution in [0.4, 0.5) is 0 Å². The maximum atomic E-state index is 13.5. The standard InChI is InChI=1S/C26H25NO/c1-2-19-27-25(28)26(18-10-13-20-11-4-3-5-12-20)23-16-8-6-14-21(23)22-15-7-9-17-24(22)26/h3-17H,2,18-19H2,1H3,(H,27,28). The van der Waals surface area contributed by atoms with Gasteiger partial charge in [0.1, 0.15) is 5.41 Å². The number of allylic oxidation sites excluding steroid dienone is 1. The Labute approximate surface area is 166 Å². The summed E-state index contributed by atoms with van der Waals surface area (Å²) in [5.74, 6) is 0.0875. The van der Waals surface area contributed by atoms with Gasteiger partial charge in [-0.2, -0.15) is 0 Å². The first-order valence-electron chi connectivity index (χ1n) is 9.96. The number of carbonyl (C=O) groups is 1. The van der Waals surface area contributed by atoms with Crippen LogP contribution in [0, 0.1) is 0 Å². The molecule has 0 aliphatic heterocycles. The van der Waals surface area contributed by atoms with Crippen LogP contribution < -0.4 is 5.32 Å². The van der Waals surface area contributed by atoms with E-state index in [9.17, 15) is 4.79 Å². The van der Waals surface area contributed by atoms with E-state index in [0.717, 1.165) is 34.2 Å². The minimum atomic E-state index is -0.687. The van der Waals surface area contributed by atoms with Crippen LogP contribution in [0.1, 0.15) is 36.5 Å². The molecule has 0 radical (unpaired) electrons. The summed E-state index contributed by atoms with van der Waals surface area (Å²) in [6.07, 6.45) is 5.80. The van der Waals surface area contributed by atoms with E-state index in [1.165, 1.54) is 0 Å². The zero-order valence-electron chi connectivity index (χ0n) is 16.2. The maximum Gasteiger partial charge on any atom is 0.235 e. The molecule has 0 bridgehead atoms. The summed E-state index contributed by atoms with van der Waals surface area (Å²) in [5, 5.41) is 3.17. The fourth-order valence-corrected chi connectivity index (χ4v) is 4.21. The molecule has 1 N–H and O–H groups in total. The molecule has 0 heterocycles. The Hall–Kier alpha value is -3.13. The van der Waals surface area contributed by atoms with Crippen LogP contribution in [0.2, 0.25) is 0 Å². The summed E-state index contributed by atoms with van der Waals surface area (Å²) in [6, 6.07) is 26.9. The van der Waals surface area contributed by atoms with Crippen molar-refractivity contribution in [3.05, 3.63) is 102 Å². The Morgan fingerprint density at radius 2 is 1.43 bits per heavy atom. The number of carbonyl (C=O) groups excluding carboxylic acids is 1. The molecular weight excluding hydrogens is 342 g/mol. The van der Waals surface area contributed by atoms with Gasteiger partial charge in [-0.1, -0.05) is 97.9 Å². The molecule has 0 atom stereocenters. The molecule has 0 spiro atoms. The van der Waals surface area contributed by atoms with Crippen molar-refractivity contribution in [3.8, 4) is 11.1 Å². The van der Waals surface area contributed by atoms with Crippen LogP contribution in [0.3, 0.4) is 0 Å². The highest BCUT2D eigenvalue weighted by Crippen LogP contribution is 2.51. The highest BCUT2D eigenvalue weighted by molar-refractivity contribution is 6.00. The summed E-state index contributed by atoms with van der Waals surface area (Å²) in [4.78, 5) is 13.5. The molecule has 4 rings (SSSR count). The first-order valence-corrected chi connectivity index (χ1v) is 9.96. The minimum absolute atomic E-state index is 0.0875. The summed E-state index contributed by atoms with van der Waals surface area (Å²) in [5.41, 5.74) is 4.99. The lowest BCUT2D eigenvalue weighted by Crippen LogP contribution is -2.44. The monoisotopic (exact) mass is 367 g/mol. The molecule has 28 heavy (non-hydrogen) atoms. The van der Waals surface area contributed by atoms with Gasteiger partial charge in [0.25, 0.3) is 0 Å². The molecule has 2 heteroatoms. The third-order valence-electron chi connectivity index (χ3n) is 5.52. The van der Waals surface area contributed by atoms with E-state index in [1.54, 1.807) is 0 Å². The van der Waals surface area contributed by atoms with E-state index < -0.39 is 5.41 Å². The second-order valence-electron chi connectivity index (χ2n) is 7.27. The average molecular weight is 367 g/mol. The molecule has 0 aromatic heterocycles. The average Bonchev–Trinajstić information content (AvgIpc) is 3.04. The van der Waals surface area contributed by atoms with Crippen molar-refractivity contribution in [1.82, 2.24) is 5.32 Å². The SMILES string of the molecule is CCCNC(=O)C1(CC=Cc2ccccc2)c2ccccc2-c2ccccc21. The number of rotatable bonds is 6. The molecule has 3 aromatic carbocycles. The van der Waals surface area contributed by atoms with Crippen molar-refractivity contribution in [2.75, 3.05) is 6.54 Å². The molecule has 1 aliphatic carbocycles. The van der Waals surface area contributed by atoms with E-state index in [2.05, 4.69) is 72.9 Å². The Morgan fingerprint density at radius 3 is 2.04 bits per heavy atom. The van der Waals surface area contributed by atoms with Crippen molar-refractivity contribution >= 4 is 12.0 Å². The van der Waals surface area contributed by atoms with Gasteiger partial charge < -0.3 is 5.32 Å². The Kier molecular flexibility index (Phi) is 5.12. The zero-order chi connectivity index (χ0) is 19.4. The number of fused-ring (bicyclic) bond motifs is 3. The Morgan fingerprint density at radius 1 is 0.857 bits per heavy atom. The second-order valence-corrected chi connectivity index (χ2v) is 7.27. The quantitative estimate of drug-likeness (QED) is 0.605. The van der Waals surface area contributed by atoms with Crippen molar-refractivity contribution in [2.24, 2.45) is 0 Å². The second kappa shape index (κ2) is 7.85. The minimum Gasteiger partial charge on any atom is -0.355 e. The van der Waals surface area contributed by atoms with Gasteiger partial charge in [-0.3, -0.25) is 4.79 Å². The van der Waals surface area contributed by atoms with E-state index in [4.69, 9.17) is 0 Å². The molecule has 2 nitrogen and oxygen atoms in total. The molecule has 0 saturated heterocycles. The normalized spacial score (nSPS) is 13.9. The highest BCUT2D eigenvalue weighted by atomic mass is 16.2. The first-order chi connectivity index (χ1) is 13.8. The molecule has 1 aliphatic rings. The number of amides is 1. The third kappa shape index (κ3) is 3.05. The zero-order valence-corrected chi connectivity index (χ0v) is 16.2. The summed E-state index contributed by atoms with van der Waals surface area (Å²) in [7, 11) is 0. The molecule has 3 aromatic rings. The summed E-state index contributed by atoms with van der Waals surface area (Å²) < 4.78 is 0. The van der Waals surface area contributed by atoms with Gasteiger partial charge in [0.05, 0.1) is 0 Å². The van der Waals surface area contributed by atoms with Crippen molar-refractivity contribution in [1.29, 1.82) is 0 Å². The predicted octanol–water partition coefficient (Wildman–Crippen LogP) is 5.58. The first kappa shape index (κ1) is 18.2. The van der Waals surface area contributed by atoms with Gasteiger partial charge in [-0.15, -0.1) is 0 Å². The van der Waals surface area contributed by atoms with E-state index in [1.807, 2.05) is 30.3 Å². The largest absolute Gasteiger partial charge is 0.355 e. The number of nitrogens with one attached hydrogen (secondary N) is 1. The van der Waals surface area contributed by atoms with Gasteiger partial charge in [0.2, 0.25) is 5.91 Å². The van der Waals surface area contributed by atoms with E-state index >= 15 is 0 Å². The van der Waals surface area contributed by atoms with Gasteiger partial charge >= 0.3 is 0 Å². The van der Waals surface area contributed by atoms with Crippen LogP contribution in [0.25, 0.3) is 17.2 Å². The third-order valence-corrected chi connectivity index (χ3v) is 5.52. The molecule has 0 saturated carbocycles. The Bertz CT molecular complexity index is 958. The van der Waals surface area contributed by atoms with Crippen molar-refractivity contribution in [3.63, 3.8) is 0 Å². The summed E-state index contributed by atoms with van der Waals surface area (Å²) >= 11 is 0. The molecule has 1 amide bonds. The molecular formula is C26H25NO. The Balaban J connectivity index is 1.82. The van der Waals surface area contributed by atoms with Crippen LogP contribution in [-0.2, 0) is 10.2 Å². The van der Waals surface area contributed by atoms with E-state index in [0.29, 0.717) is 13.0 Å². The lowest BCUT2D eigenvalue weighted by Gasteiger charge is -2.30. The molecule has 0 fully saturated rings.